The van der Waals surface area contributed by atoms with Gasteiger partial charge in [0, 0.05) is 16.8 Å². The topological polar surface area (TPSA) is 51.0 Å². The Morgan fingerprint density at radius 2 is 1.79 bits per heavy atom. The first-order valence-electron chi connectivity index (χ1n) is 6.26. The highest BCUT2D eigenvalue weighted by Crippen LogP contribution is 2.29. The molecule has 0 fully saturated rings. The molecular weight excluding hydrogens is 236 g/mol. The molecule has 0 aliphatic rings. The molecule has 0 aliphatic heterocycles. The van der Waals surface area contributed by atoms with Crippen LogP contribution in [0.4, 0.5) is 0 Å². The lowest BCUT2D eigenvalue weighted by molar-refractivity contribution is 0.407. The monoisotopic (exact) mass is 252 g/mol. The fraction of sp³-hybridized carbons (Fsp3) is 0.125. The number of benzene rings is 2. The quantitative estimate of drug-likeness (QED) is 0.752. The summed E-state index contributed by atoms with van der Waals surface area (Å²) in [6.45, 7) is 0. The Kier molecular flexibility index (Phi) is 2.97. The summed E-state index contributed by atoms with van der Waals surface area (Å²) in [6.07, 6.45) is 0. The van der Waals surface area contributed by atoms with E-state index in [9.17, 15) is 0 Å². The predicted octanol–water partition coefficient (Wildman–Crippen LogP) is 3.22. The molecule has 3 heteroatoms. The number of H-pyrrole nitrogens is 1. The molecule has 0 amide bonds. The number of aromatic amines is 1. The second-order valence-corrected chi connectivity index (χ2v) is 4.53. The third-order valence-corrected chi connectivity index (χ3v) is 3.36. The van der Waals surface area contributed by atoms with Crippen molar-refractivity contribution >= 4 is 10.9 Å². The van der Waals surface area contributed by atoms with Crippen LogP contribution in [-0.4, -0.2) is 12.1 Å². The molecule has 0 aliphatic carbocycles. The Labute approximate surface area is 112 Å². The Bertz CT molecular complexity index is 670. The molecule has 0 unspecified atom stereocenters. The third-order valence-electron chi connectivity index (χ3n) is 3.36. The summed E-state index contributed by atoms with van der Waals surface area (Å²) in [4.78, 5) is 3.36. The number of para-hydroxylation sites is 2. The van der Waals surface area contributed by atoms with Crippen molar-refractivity contribution in [1.82, 2.24) is 4.98 Å². The number of ether oxygens (including phenoxy) is 1. The van der Waals surface area contributed by atoms with E-state index in [0.717, 1.165) is 22.5 Å². The van der Waals surface area contributed by atoms with Gasteiger partial charge in [-0.3, -0.25) is 0 Å². The Hall–Kier alpha value is -2.26. The Morgan fingerprint density at radius 3 is 2.58 bits per heavy atom. The molecule has 96 valence electrons. The number of hydrogen-bond donors (Lipinski definition) is 2. The summed E-state index contributed by atoms with van der Waals surface area (Å²) in [7, 11) is 1.66. The molecule has 2 aromatic carbocycles. The van der Waals surface area contributed by atoms with Crippen LogP contribution in [0.3, 0.4) is 0 Å². The summed E-state index contributed by atoms with van der Waals surface area (Å²) >= 11 is 0. The highest BCUT2D eigenvalue weighted by Gasteiger charge is 2.15. The molecule has 0 radical (unpaired) electrons. The van der Waals surface area contributed by atoms with E-state index in [4.69, 9.17) is 10.5 Å². The summed E-state index contributed by atoms with van der Waals surface area (Å²) in [6, 6.07) is 17.9. The molecule has 0 saturated carbocycles. The van der Waals surface area contributed by atoms with E-state index in [-0.39, 0.29) is 6.04 Å². The molecule has 0 bridgehead atoms. The van der Waals surface area contributed by atoms with Gasteiger partial charge in [0.1, 0.15) is 5.75 Å². The maximum absolute atomic E-state index is 6.35. The van der Waals surface area contributed by atoms with Crippen LogP contribution in [0.25, 0.3) is 10.9 Å². The van der Waals surface area contributed by atoms with Gasteiger partial charge in [0.15, 0.2) is 0 Å². The molecule has 3 N–H and O–H groups in total. The number of rotatable bonds is 3. The van der Waals surface area contributed by atoms with Crippen molar-refractivity contribution < 1.29 is 4.74 Å². The lowest BCUT2D eigenvalue weighted by Crippen LogP contribution is -2.13. The molecule has 1 heterocycles. The van der Waals surface area contributed by atoms with E-state index in [1.54, 1.807) is 7.11 Å². The zero-order chi connectivity index (χ0) is 13.2. The maximum atomic E-state index is 6.35. The van der Waals surface area contributed by atoms with Crippen LogP contribution in [0, 0.1) is 0 Å². The fourth-order valence-corrected chi connectivity index (χ4v) is 2.35. The number of aromatic nitrogens is 1. The number of hydrogen-bond acceptors (Lipinski definition) is 2. The molecule has 0 saturated heterocycles. The van der Waals surface area contributed by atoms with Gasteiger partial charge in [0.05, 0.1) is 13.2 Å². The van der Waals surface area contributed by atoms with Crippen LogP contribution < -0.4 is 10.5 Å². The highest BCUT2D eigenvalue weighted by atomic mass is 16.5. The van der Waals surface area contributed by atoms with Crippen molar-refractivity contribution in [3.8, 4) is 5.75 Å². The second-order valence-electron chi connectivity index (χ2n) is 4.53. The molecular formula is C16H16N2O. The minimum Gasteiger partial charge on any atom is -0.496 e. The average Bonchev–Trinajstić information content (AvgIpc) is 2.90. The van der Waals surface area contributed by atoms with Crippen molar-refractivity contribution in [1.29, 1.82) is 0 Å². The van der Waals surface area contributed by atoms with Crippen molar-refractivity contribution in [3.05, 3.63) is 65.9 Å². The Morgan fingerprint density at radius 1 is 1.05 bits per heavy atom. The van der Waals surface area contributed by atoms with Crippen LogP contribution in [0.5, 0.6) is 5.75 Å². The van der Waals surface area contributed by atoms with Crippen LogP contribution in [0.15, 0.2) is 54.6 Å². The van der Waals surface area contributed by atoms with Crippen LogP contribution in [0.2, 0.25) is 0 Å². The summed E-state index contributed by atoms with van der Waals surface area (Å²) in [5, 5.41) is 1.17. The molecule has 1 atom stereocenters. The summed E-state index contributed by atoms with van der Waals surface area (Å²) < 4.78 is 5.37. The van der Waals surface area contributed by atoms with Gasteiger partial charge in [-0.25, -0.2) is 0 Å². The minimum atomic E-state index is -0.219. The van der Waals surface area contributed by atoms with E-state index in [0.29, 0.717) is 0 Å². The number of fused-ring (bicyclic) bond motifs is 1. The van der Waals surface area contributed by atoms with E-state index in [1.165, 1.54) is 5.39 Å². The first-order chi connectivity index (χ1) is 9.29. The average molecular weight is 252 g/mol. The third kappa shape index (κ3) is 2.09. The van der Waals surface area contributed by atoms with Gasteiger partial charge >= 0.3 is 0 Å². The first kappa shape index (κ1) is 11.8. The first-order valence-corrected chi connectivity index (χ1v) is 6.26. The van der Waals surface area contributed by atoms with Gasteiger partial charge in [-0.15, -0.1) is 0 Å². The van der Waals surface area contributed by atoms with Gasteiger partial charge in [0.25, 0.3) is 0 Å². The number of methoxy groups -OCH3 is 1. The summed E-state index contributed by atoms with van der Waals surface area (Å²) in [5.74, 6) is 0.814. The smallest absolute Gasteiger partial charge is 0.124 e. The minimum absolute atomic E-state index is 0.219. The Balaban J connectivity index is 2.05. The zero-order valence-electron chi connectivity index (χ0n) is 10.8. The van der Waals surface area contributed by atoms with E-state index >= 15 is 0 Å². The van der Waals surface area contributed by atoms with Gasteiger partial charge < -0.3 is 15.5 Å². The predicted molar refractivity (Wildman–Crippen MR) is 77.3 cm³/mol. The van der Waals surface area contributed by atoms with Crippen LogP contribution in [-0.2, 0) is 0 Å². The maximum Gasteiger partial charge on any atom is 0.124 e. The number of nitrogens with one attached hydrogen (secondary N) is 1. The fourth-order valence-electron chi connectivity index (χ4n) is 2.35. The normalized spacial score (nSPS) is 12.5. The molecule has 3 nitrogen and oxygen atoms in total. The van der Waals surface area contributed by atoms with Crippen molar-refractivity contribution in [3.63, 3.8) is 0 Å². The van der Waals surface area contributed by atoms with Gasteiger partial charge in [0.2, 0.25) is 0 Å². The standard InChI is InChI=1S/C16H16N2O/c1-19-15-9-5-3-7-12(15)16(17)14-10-11-6-2-4-8-13(11)18-14/h2-10,16,18H,17H2,1H3/t16-/m1/s1. The summed E-state index contributed by atoms with van der Waals surface area (Å²) in [5.41, 5.74) is 9.42. The molecule has 1 aromatic heterocycles. The van der Waals surface area contributed by atoms with E-state index < -0.39 is 0 Å². The van der Waals surface area contributed by atoms with Crippen molar-refractivity contribution in [2.75, 3.05) is 7.11 Å². The van der Waals surface area contributed by atoms with E-state index in [1.807, 2.05) is 42.5 Å². The zero-order valence-corrected chi connectivity index (χ0v) is 10.8. The van der Waals surface area contributed by atoms with Gasteiger partial charge in [-0.1, -0.05) is 36.4 Å². The highest BCUT2D eigenvalue weighted by molar-refractivity contribution is 5.80. The second kappa shape index (κ2) is 4.78. The van der Waals surface area contributed by atoms with E-state index in [2.05, 4.69) is 17.1 Å². The lowest BCUT2D eigenvalue weighted by Gasteiger charge is -2.14. The van der Waals surface area contributed by atoms with Gasteiger partial charge in [-0.2, -0.15) is 0 Å². The lowest BCUT2D eigenvalue weighted by atomic mass is 10.0. The molecule has 3 rings (SSSR count). The largest absolute Gasteiger partial charge is 0.496 e. The van der Waals surface area contributed by atoms with Crippen molar-refractivity contribution in [2.24, 2.45) is 5.73 Å². The molecule has 3 aromatic rings. The van der Waals surface area contributed by atoms with Crippen molar-refractivity contribution in [2.45, 2.75) is 6.04 Å². The van der Waals surface area contributed by atoms with Gasteiger partial charge in [-0.05, 0) is 23.6 Å². The molecule has 19 heavy (non-hydrogen) atoms. The van der Waals surface area contributed by atoms with Crippen LogP contribution >= 0.6 is 0 Å². The van der Waals surface area contributed by atoms with Crippen LogP contribution in [0.1, 0.15) is 17.3 Å². The molecule has 0 spiro atoms. The SMILES string of the molecule is COc1ccccc1[C@@H](N)c1cc2ccccc2[nH]1. The number of nitrogens with two attached hydrogens (primary N) is 1.